The zero-order valence-corrected chi connectivity index (χ0v) is 15.1. The van der Waals surface area contributed by atoms with Gasteiger partial charge in [-0.05, 0) is 6.92 Å². The van der Waals surface area contributed by atoms with Crippen LogP contribution in [-0.4, -0.2) is 86.0 Å². The highest BCUT2D eigenvalue weighted by Crippen LogP contribution is 2.24. The maximum atomic E-state index is 12.2. The van der Waals surface area contributed by atoms with E-state index in [1.165, 1.54) is 0 Å². The Labute approximate surface area is 146 Å². The van der Waals surface area contributed by atoms with E-state index in [0.29, 0.717) is 32.9 Å². The molecule has 0 saturated carbocycles. The van der Waals surface area contributed by atoms with Gasteiger partial charge in [-0.2, -0.15) is 0 Å². The Morgan fingerprint density at radius 1 is 1.42 bits per heavy atom. The van der Waals surface area contributed by atoms with E-state index < -0.39 is 5.60 Å². The largest absolute Gasteiger partial charge is 0.377 e. The van der Waals surface area contributed by atoms with Crippen LogP contribution in [0.5, 0.6) is 0 Å². The minimum atomic E-state index is -0.469. The molecule has 8 heteroatoms. The fraction of sp³-hybridized carbons (Fsp3) is 0.750. The van der Waals surface area contributed by atoms with Crippen LogP contribution < -0.4 is 0 Å². The number of carbonyl (C=O) groups is 1. The first kappa shape index (κ1) is 17.8. The lowest BCUT2D eigenvalue weighted by atomic mass is 10.0. The second-order valence-electron chi connectivity index (χ2n) is 6.40. The van der Waals surface area contributed by atoms with Gasteiger partial charge < -0.3 is 19.1 Å². The summed E-state index contributed by atoms with van der Waals surface area (Å²) in [4.78, 5) is 20.9. The molecule has 2 saturated heterocycles. The predicted molar refractivity (Wildman–Crippen MR) is 90.1 cm³/mol. The first-order valence-electron chi connectivity index (χ1n) is 8.22. The molecule has 1 amide bonds. The standard InChI is InChI=1S/C16H25N3O4S/c1-13-17-14(9-24-13)7-18-3-5-22-12-16(10-18)11-19(4-6-23-16)15(20)8-21-2/h9H,3-8,10-12H2,1-2H3/t16-/m1/s1. The molecule has 134 valence electrons. The van der Waals surface area contributed by atoms with Crippen LogP contribution in [0.3, 0.4) is 0 Å². The van der Waals surface area contributed by atoms with Gasteiger partial charge in [-0.3, -0.25) is 9.69 Å². The number of hydrogen-bond donors (Lipinski definition) is 0. The van der Waals surface area contributed by atoms with Gasteiger partial charge in [0.25, 0.3) is 0 Å². The van der Waals surface area contributed by atoms with Gasteiger partial charge in [0.2, 0.25) is 5.91 Å². The highest BCUT2D eigenvalue weighted by molar-refractivity contribution is 7.09. The number of nitrogens with zero attached hydrogens (tertiary/aromatic N) is 3. The number of ether oxygens (including phenoxy) is 3. The Balaban J connectivity index is 1.67. The van der Waals surface area contributed by atoms with Crippen molar-refractivity contribution in [2.24, 2.45) is 0 Å². The molecule has 0 bridgehead atoms. The van der Waals surface area contributed by atoms with E-state index in [1.54, 1.807) is 18.4 Å². The zero-order valence-electron chi connectivity index (χ0n) is 14.3. The number of methoxy groups -OCH3 is 1. The summed E-state index contributed by atoms with van der Waals surface area (Å²) in [6, 6.07) is 0. The summed E-state index contributed by atoms with van der Waals surface area (Å²) in [7, 11) is 1.54. The highest BCUT2D eigenvalue weighted by atomic mass is 32.1. The second-order valence-corrected chi connectivity index (χ2v) is 7.46. The van der Waals surface area contributed by atoms with Crippen molar-refractivity contribution in [1.82, 2.24) is 14.8 Å². The quantitative estimate of drug-likeness (QED) is 0.785. The van der Waals surface area contributed by atoms with E-state index in [-0.39, 0.29) is 12.5 Å². The fourth-order valence-corrected chi connectivity index (χ4v) is 3.89. The normalized spacial score (nSPS) is 25.8. The number of hydrogen-bond acceptors (Lipinski definition) is 7. The van der Waals surface area contributed by atoms with Crippen molar-refractivity contribution in [3.8, 4) is 0 Å². The van der Waals surface area contributed by atoms with Gasteiger partial charge in [0.1, 0.15) is 12.2 Å². The molecule has 2 aliphatic heterocycles. The van der Waals surface area contributed by atoms with Gasteiger partial charge in [0.15, 0.2) is 0 Å². The van der Waals surface area contributed by atoms with Crippen molar-refractivity contribution in [3.05, 3.63) is 16.1 Å². The van der Waals surface area contributed by atoms with Crippen LogP contribution in [0.1, 0.15) is 10.7 Å². The van der Waals surface area contributed by atoms with E-state index >= 15 is 0 Å². The van der Waals surface area contributed by atoms with E-state index in [0.717, 1.165) is 30.3 Å². The van der Waals surface area contributed by atoms with Gasteiger partial charge >= 0.3 is 0 Å². The lowest BCUT2D eigenvalue weighted by Gasteiger charge is -2.43. The molecule has 3 rings (SSSR count). The molecule has 1 aromatic heterocycles. The number of aryl methyl sites for hydroxylation is 1. The predicted octanol–water partition coefficient (Wildman–Crippen LogP) is 0.528. The van der Waals surface area contributed by atoms with Crippen molar-refractivity contribution in [3.63, 3.8) is 0 Å². The monoisotopic (exact) mass is 355 g/mol. The van der Waals surface area contributed by atoms with Crippen molar-refractivity contribution < 1.29 is 19.0 Å². The summed E-state index contributed by atoms with van der Waals surface area (Å²) in [5, 5.41) is 3.18. The third-order valence-corrected chi connectivity index (χ3v) is 5.17. The van der Waals surface area contributed by atoms with Gasteiger partial charge in [0, 0.05) is 38.7 Å². The smallest absolute Gasteiger partial charge is 0.248 e. The number of thiazole rings is 1. The molecular weight excluding hydrogens is 330 g/mol. The molecule has 24 heavy (non-hydrogen) atoms. The molecule has 1 aromatic rings. The van der Waals surface area contributed by atoms with Crippen molar-refractivity contribution in [1.29, 1.82) is 0 Å². The van der Waals surface area contributed by atoms with Crippen LogP contribution in [0.15, 0.2) is 5.38 Å². The maximum Gasteiger partial charge on any atom is 0.248 e. The molecule has 0 unspecified atom stereocenters. The average molecular weight is 355 g/mol. The second kappa shape index (κ2) is 7.88. The van der Waals surface area contributed by atoms with E-state index in [9.17, 15) is 4.79 Å². The third-order valence-electron chi connectivity index (χ3n) is 4.35. The Morgan fingerprint density at radius 2 is 2.29 bits per heavy atom. The topological polar surface area (TPSA) is 64.1 Å². The summed E-state index contributed by atoms with van der Waals surface area (Å²) >= 11 is 1.67. The molecule has 2 fully saturated rings. The Kier molecular flexibility index (Phi) is 5.83. The molecule has 7 nitrogen and oxygen atoms in total. The first-order valence-corrected chi connectivity index (χ1v) is 9.10. The van der Waals surface area contributed by atoms with Gasteiger partial charge in [-0.1, -0.05) is 0 Å². The molecule has 0 aliphatic carbocycles. The first-order chi connectivity index (χ1) is 11.6. The SMILES string of the molecule is COCC(=O)N1CCO[C@@]2(COCCN(Cc3csc(C)n3)C2)C1. The Hall–Kier alpha value is -1.06. The van der Waals surface area contributed by atoms with Crippen LogP contribution in [-0.2, 0) is 25.5 Å². The zero-order chi connectivity index (χ0) is 17.0. The summed E-state index contributed by atoms with van der Waals surface area (Å²) in [5.41, 5.74) is 0.612. The Bertz CT molecular complexity index is 567. The minimum Gasteiger partial charge on any atom is -0.377 e. The molecular formula is C16H25N3O4S. The fourth-order valence-electron chi connectivity index (χ4n) is 3.28. The summed E-state index contributed by atoms with van der Waals surface area (Å²) in [5.74, 6) is 0.00565. The third kappa shape index (κ3) is 4.31. The lowest BCUT2D eigenvalue weighted by molar-refractivity contribution is -0.164. The summed E-state index contributed by atoms with van der Waals surface area (Å²) in [6.07, 6.45) is 0. The van der Waals surface area contributed by atoms with Crippen LogP contribution in [0.4, 0.5) is 0 Å². The molecule has 1 spiro atoms. The maximum absolute atomic E-state index is 12.2. The van der Waals surface area contributed by atoms with Crippen LogP contribution in [0.2, 0.25) is 0 Å². The molecule has 2 aliphatic rings. The minimum absolute atomic E-state index is 0.00565. The Morgan fingerprint density at radius 3 is 3.04 bits per heavy atom. The van der Waals surface area contributed by atoms with Crippen LogP contribution >= 0.6 is 11.3 Å². The van der Waals surface area contributed by atoms with E-state index in [4.69, 9.17) is 14.2 Å². The molecule has 0 aromatic carbocycles. The van der Waals surface area contributed by atoms with Gasteiger partial charge in [0.05, 0.1) is 37.1 Å². The number of carbonyl (C=O) groups excluding carboxylic acids is 1. The highest BCUT2D eigenvalue weighted by Gasteiger charge is 2.41. The van der Waals surface area contributed by atoms with Crippen LogP contribution in [0.25, 0.3) is 0 Å². The van der Waals surface area contributed by atoms with Crippen molar-refractivity contribution >= 4 is 17.2 Å². The van der Waals surface area contributed by atoms with Gasteiger partial charge in [-0.15, -0.1) is 11.3 Å². The van der Waals surface area contributed by atoms with Crippen LogP contribution in [0, 0.1) is 6.92 Å². The number of morpholine rings is 1. The summed E-state index contributed by atoms with van der Waals surface area (Å²) < 4.78 is 16.9. The van der Waals surface area contributed by atoms with Gasteiger partial charge in [-0.25, -0.2) is 4.98 Å². The molecule has 0 radical (unpaired) electrons. The van der Waals surface area contributed by atoms with E-state index in [2.05, 4.69) is 15.3 Å². The molecule has 0 N–H and O–H groups in total. The number of aromatic nitrogens is 1. The van der Waals surface area contributed by atoms with E-state index in [1.807, 2.05) is 11.8 Å². The molecule has 3 heterocycles. The molecule has 1 atom stereocenters. The number of amides is 1. The van der Waals surface area contributed by atoms with Crippen molar-refractivity contribution in [2.75, 3.05) is 59.7 Å². The number of rotatable bonds is 4. The average Bonchev–Trinajstić information content (AvgIpc) is 2.87. The van der Waals surface area contributed by atoms with Crippen molar-refractivity contribution in [2.45, 2.75) is 19.1 Å². The summed E-state index contributed by atoms with van der Waals surface area (Å²) in [6.45, 7) is 7.35. The lowest BCUT2D eigenvalue weighted by Crippen LogP contribution is -2.60.